The van der Waals surface area contributed by atoms with Crippen LogP contribution in [0.3, 0.4) is 0 Å². The summed E-state index contributed by atoms with van der Waals surface area (Å²) in [6.07, 6.45) is 16.0. The van der Waals surface area contributed by atoms with E-state index in [1.807, 2.05) is 12.1 Å². The molecule has 0 saturated carbocycles. The first-order chi connectivity index (χ1) is 16.6. The van der Waals surface area contributed by atoms with Crippen molar-refractivity contribution in [3.8, 4) is 17.1 Å². The quantitative estimate of drug-likeness (QED) is 0.264. The summed E-state index contributed by atoms with van der Waals surface area (Å²) in [6, 6.07) is 7.20. The molecule has 0 aliphatic heterocycles. The lowest BCUT2D eigenvalue weighted by Gasteiger charge is -2.33. The first-order valence-electron chi connectivity index (χ1n) is 12.5. The minimum absolute atomic E-state index is 0.187. The molecule has 1 aromatic carbocycles. The zero-order valence-electron chi connectivity index (χ0n) is 20.3. The minimum Gasteiger partial charge on any atom is -0.490 e. The maximum absolute atomic E-state index is 15.8. The Kier molecular flexibility index (Phi) is 10.2. The van der Waals surface area contributed by atoms with E-state index in [0.717, 1.165) is 37.3 Å². The fourth-order valence-corrected chi connectivity index (χ4v) is 3.94. The standard InChI is InChI=1S/C28H36F2N2O2/c1-3-5-7-8-9-10-19-34-28(30)25(12-11-13-26(28)29)22-14-16-23(17-15-22)27-31-20-24(21-32-27)33-18-6-4-2/h11-17,20-21,25H,3-10,18-19H2,1-2H3. The van der Waals surface area contributed by atoms with Gasteiger partial charge in [-0.15, -0.1) is 0 Å². The van der Waals surface area contributed by atoms with E-state index in [1.54, 1.807) is 36.7 Å². The average molecular weight is 471 g/mol. The molecular formula is C28H36F2N2O2. The van der Waals surface area contributed by atoms with E-state index >= 15 is 4.39 Å². The fourth-order valence-electron chi connectivity index (χ4n) is 3.94. The molecule has 0 spiro atoms. The number of alkyl halides is 1. The Labute approximate surface area is 202 Å². The number of unbranched alkanes of at least 4 members (excludes halogenated alkanes) is 6. The van der Waals surface area contributed by atoms with E-state index in [2.05, 4.69) is 23.8 Å². The van der Waals surface area contributed by atoms with Crippen LogP contribution in [0.4, 0.5) is 8.78 Å². The molecule has 34 heavy (non-hydrogen) atoms. The van der Waals surface area contributed by atoms with Gasteiger partial charge in [0.2, 0.25) is 0 Å². The van der Waals surface area contributed by atoms with Crippen molar-refractivity contribution >= 4 is 0 Å². The Morgan fingerprint density at radius 1 is 0.882 bits per heavy atom. The summed E-state index contributed by atoms with van der Waals surface area (Å²) in [6.45, 7) is 5.10. The van der Waals surface area contributed by atoms with Gasteiger partial charge in [0.05, 0.1) is 31.5 Å². The molecule has 2 atom stereocenters. The van der Waals surface area contributed by atoms with E-state index in [0.29, 0.717) is 30.2 Å². The third-order valence-corrected chi connectivity index (χ3v) is 6.00. The highest BCUT2D eigenvalue weighted by atomic mass is 19.2. The van der Waals surface area contributed by atoms with Crippen molar-refractivity contribution in [2.45, 2.75) is 77.0 Å². The third kappa shape index (κ3) is 6.95. The Bertz CT molecular complexity index is 928. The van der Waals surface area contributed by atoms with Gasteiger partial charge in [-0.2, -0.15) is 0 Å². The highest BCUT2D eigenvalue weighted by Crippen LogP contribution is 2.43. The Balaban J connectivity index is 1.63. The first-order valence-corrected chi connectivity index (χ1v) is 12.5. The van der Waals surface area contributed by atoms with E-state index in [-0.39, 0.29) is 6.61 Å². The van der Waals surface area contributed by atoms with Crippen LogP contribution in [0.2, 0.25) is 0 Å². The van der Waals surface area contributed by atoms with Crippen molar-refractivity contribution in [3.05, 3.63) is 66.3 Å². The number of allylic oxidation sites excluding steroid dienone is 2. The van der Waals surface area contributed by atoms with Crippen molar-refractivity contribution < 1.29 is 18.3 Å². The molecule has 184 valence electrons. The van der Waals surface area contributed by atoms with E-state index in [9.17, 15) is 4.39 Å². The number of rotatable bonds is 14. The zero-order chi connectivity index (χ0) is 24.2. The molecule has 1 aliphatic rings. The highest BCUT2D eigenvalue weighted by molar-refractivity contribution is 5.56. The van der Waals surface area contributed by atoms with Gasteiger partial charge in [0, 0.05) is 5.56 Å². The number of benzene rings is 1. The SMILES string of the molecule is CCCCCCCCOC1(F)C(F)=CC=CC1c1ccc(-c2ncc(OCCCC)cn2)cc1. The molecule has 0 fully saturated rings. The molecule has 6 heteroatoms. The van der Waals surface area contributed by atoms with Crippen molar-refractivity contribution in [2.24, 2.45) is 0 Å². The lowest BCUT2D eigenvalue weighted by atomic mass is 9.87. The second kappa shape index (κ2) is 13.3. The molecule has 1 aromatic heterocycles. The number of ether oxygens (including phenoxy) is 2. The van der Waals surface area contributed by atoms with Crippen LogP contribution in [-0.4, -0.2) is 29.0 Å². The number of nitrogens with zero attached hydrogens (tertiary/aromatic N) is 2. The first kappa shape index (κ1) is 26.0. The molecule has 0 N–H and O–H groups in total. The monoisotopic (exact) mass is 470 g/mol. The molecular weight excluding hydrogens is 434 g/mol. The number of hydrogen-bond donors (Lipinski definition) is 0. The maximum Gasteiger partial charge on any atom is 0.272 e. The van der Waals surface area contributed by atoms with Gasteiger partial charge in [-0.05, 0) is 24.5 Å². The summed E-state index contributed by atoms with van der Waals surface area (Å²) in [7, 11) is 0. The molecule has 4 nitrogen and oxygen atoms in total. The Hall–Kier alpha value is -2.60. The summed E-state index contributed by atoms with van der Waals surface area (Å²) >= 11 is 0. The third-order valence-electron chi connectivity index (χ3n) is 6.00. The van der Waals surface area contributed by atoms with Gasteiger partial charge in [-0.1, -0.05) is 88.8 Å². The van der Waals surface area contributed by atoms with E-state index in [4.69, 9.17) is 9.47 Å². The van der Waals surface area contributed by atoms with Gasteiger partial charge in [0.1, 0.15) is 0 Å². The Morgan fingerprint density at radius 3 is 2.26 bits per heavy atom. The molecule has 1 heterocycles. The molecule has 0 radical (unpaired) electrons. The smallest absolute Gasteiger partial charge is 0.272 e. The van der Waals surface area contributed by atoms with Crippen LogP contribution in [-0.2, 0) is 4.74 Å². The second-order valence-electron chi connectivity index (χ2n) is 8.70. The van der Waals surface area contributed by atoms with E-state index < -0.39 is 17.6 Å². The minimum atomic E-state index is -2.49. The topological polar surface area (TPSA) is 44.2 Å². The number of aromatic nitrogens is 2. The van der Waals surface area contributed by atoms with Crippen molar-refractivity contribution in [1.82, 2.24) is 9.97 Å². The van der Waals surface area contributed by atoms with Gasteiger partial charge in [-0.25, -0.2) is 18.7 Å². The van der Waals surface area contributed by atoms with Crippen molar-refractivity contribution in [1.29, 1.82) is 0 Å². The molecule has 1 aliphatic carbocycles. The predicted octanol–water partition coefficient (Wildman–Crippen LogP) is 7.87. The van der Waals surface area contributed by atoms with Crippen molar-refractivity contribution in [3.63, 3.8) is 0 Å². The zero-order valence-corrected chi connectivity index (χ0v) is 20.3. The van der Waals surface area contributed by atoms with Gasteiger partial charge < -0.3 is 9.47 Å². The summed E-state index contributed by atoms with van der Waals surface area (Å²) < 4.78 is 41.5. The molecule has 0 amide bonds. The van der Waals surface area contributed by atoms with Gasteiger partial charge in [-0.3, -0.25) is 0 Å². The largest absolute Gasteiger partial charge is 0.490 e. The summed E-state index contributed by atoms with van der Waals surface area (Å²) in [5.74, 6) is -3.06. The van der Waals surface area contributed by atoms with Crippen molar-refractivity contribution in [2.75, 3.05) is 13.2 Å². The number of hydrogen-bond acceptors (Lipinski definition) is 4. The van der Waals surface area contributed by atoms with E-state index in [1.165, 1.54) is 19.3 Å². The fraction of sp³-hybridized carbons (Fsp3) is 0.500. The summed E-state index contributed by atoms with van der Waals surface area (Å²) in [4.78, 5) is 8.74. The molecule has 0 saturated heterocycles. The lowest BCUT2D eigenvalue weighted by molar-refractivity contribution is -0.139. The predicted molar refractivity (Wildman–Crippen MR) is 132 cm³/mol. The normalized spacial score (nSPS) is 19.8. The van der Waals surface area contributed by atoms with Gasteiger partial charge in [0.25, 0.3) is 5.85 Å². The van der Waals surface area contributed by atoms with Gasteiger partial charge in [0.15, 0.2) is 17.4 Å². The number of halogens is 2. The Morgan fingerprint density at radius 2 is 1.56 bits per heavy atom. The average Bonchev–Trinajstić information content (AvgIpc) is 2.86. The van der Waals surface area contributed by atoms with Crippen LogP contribution in [0.5, 0.6) is 5.75 Å². The molecule has 2 aromatic rings. The van der Waals surface area contributed by atoms with Crippen LogP contribution >= 0.6 is 0 Å². The maximum atomic E-state index is 15.8. The lowest BCUT2D eigenvalue weighted by Crippen LogP contribution is -2.36. The van der Waals surface area contributed by atoms with Crippen LogP contribution < -0.4 is 4.74 Å². The van der Waals surface area contributed by atoms with Gasteiger partial charge >= 0.3 is 0 Å². The van der Waals surface area contributed by atoms with Crippen LogP contribution in [0.25, 0.3) is 11.4 Å². The van der Waals surface area contributed by atoms with Crippen LogP contribution in [0, 0.1) is 0 Å². The summed E-state index contributed by atoms with van der Waals surface area (Å²) in [5.41, 5.74) is 1.42. The second-order valence-corrected chi connectivity index (χ2v) is 8.70. The van der Waals surface area contributed by atoms with Crippen LogP contribution in [0.15, 0.2) is 60.7 Å². The molecule has 0 bridgehead atoms. The molecule has 3 rings (SSSR count). The van der Waals surface area contributed by atoms with Crippen LogP contribution in [0.1, 0.15) is 76.7 Å². The highest BCUT2D eigenvalue weighted by Gasteiger charge is 2.45. The molecule has 2 unspecified atom stereocenters. The summed E-state index contributed by atoms with van der Waals surface area (Å²) in [5, 5.41) is 0.